The van der Waals surface area contributed by atoms with Gasteiger partial charge in [-0.05, 0) is 69.8 Å². The van der Waals surface area contributed by atoms with E-state index in [1.807, 2.05) is 45.0 Å². The fraction of sp³-hybridized carbons (Fsp3) is 0.423. The Kier molecular flexibility index (Phi) is 6.79. The number of pyridine rings is 1. The van der Waals surface area contributed by atoms with Crippen molar-refractivity contribution in [1.29, 1.82) is 0 Å². The van der Waals surface area contributed by atoms with Gasteiger partial charge in [-0.2, -0.15) is 0 Å². The number of nitrogens with zero attached hydrogens (tertiary/aromatic N) is 2. The zero-order valence-electron chi connectivity index (χ0n) is 19.6. The van der Waals surface area contributed by atoms with Crippen molar-refractivity contribution in [2.45, 2.75) is 39.2 Å². The van der Waals surface area contributed by atoms with E-state index in [2.05, 4.69) is 21.7 Å². The summed E-state index contributed by atoms with van der Waals surface area (Å²) in [6.45, 7) is 9.45. The van der Waals surface area contributed by atoms with Crippen LogP contribution in [0.2, 0.25) is 0 Å². The molecule has 0 bridgehead atoms. The quantitative estimate of drug-likeness (QED) is 0.709. The maximum atomic E-state index is 12.7. The summed E-state index contributed by atoms with van der Waals surface area (Å²) < 4.78 is 6.50. The Labute approximate surface area is 195 Å². The molecule has 0 saturated carbocycles. The average molecular weight is 449 g/mol. The van der Waals surface area contributed by atoms with Crippen LogP contribution in [0.1, 0.15) is 65.6 Å². The van der Waals surface area contributed by atoms with Gasteiger partial charge in [-0.1, -0.05) is 6.07 Å². The Hall–Kier alpha value is -3.19. The number of hydrogen-bond donors (Lipinski definition) is 2. The minimum absolute atomic E-state index is 0.0683. The number of aromatic nitrogens is 1. The van der Waals surface area contributed by atoms with Gasteiger partial charge in [-0.25, -0.2) is 0 Å². The summed E-state index contributed by atoms with van der Waals surface area (Å²) in [5.41, 5.74) is 3.39. The van der Waals surface area contributed by atoms with Crippen LogP contribution in [0.25, 0.3) is 5.57 Å². The molecular formula is C26H32N4O3. The minimum atomic E-state index is -0.392. The predicted octanol–water partition coefficient (Wildman–Crippen LogP) is 3.26. The lowest BCUT2D eigenvalue weighted by Crippen LogP contribution is -2.46. The number of nitrogens with one attached hydrogen (secondary N) is 2. The fourth-order valence-corrected chi connectivity index (χ4v) is 4.51. The van der Waals surface area contributed by atoms with E-state index in [1.165, 1.54) is 0 Å². The monoisotopic (exact) mass is 448 g/mol. The molecule has 0 unspecified atom stereocenters. The van der Waals surface area contributed by atoms with E-state index in [-0.39, 0.29) is 11.8 Å². The molecule has 4 rings (SSSR count). The highest BCUT2D eigenvalue weighted by Gasteiger charge is 2.37. The van der Waals surface area contributed by atoms with Crippen LogP contribution in [-0.2, 0) is 0 Å². The number of fused-ring (bicyclic) bond motifs is 1. The molecule has 2 N–H and O–H groups in total. The van der Waals surface area contributed by atoms with Gasteiger partial charge in [0.2, 0.25) is 0 Å². The highest BCUT2D eigenvalue weighted by atomic mass is 16.5. The van der Waals surface area contributed by atoms with E-state index >= 15 is 0 Å². The van der Waals surface area contributed by atoms with Gasteiger partial charge < -0.3 is 20.3 Å². The van der Waals surface area contributed by atoms with Crippen molar-refractivity contribution in [1.82, 2.24) is 20.5 Å². The highest BCUT2D eigenvalue weighted by molar-refractivity contribution is 5.97. The maximum Gasteiger partial charge on any atom is 0.272 e. The van der Waals surface area contributed by atoms with Gasteiger partial charge in [0.1, 0.15) is 17.0 Å². The number of amides is 2. The Balaban J connectivity index is 1.75. The molecule has 1 aromatic heterocycles. The van der Waals surface area contributed by atoms with Gasteiger partial charge in [0.15, 0.2) is 0 Å². The Morgan fingerprint density at radius 3 is 2.52 bits per heavy atom. The predicted molar refractivity (Wildman–Crippen MR) is 128 cm³/mol. The van der Waals surface area contributed by atoms with Crippen molar-refractivity contribution in [2.75, 3.05) is 32.7 Å². The first-order valence-corrected chi connectivity index (χ1v) is 11.8. The number of carbonyl (C=O) groups excluding carboxylic acids is 2. The van der Waals surface area contributed by atoms with E-state index in [0.29, 0.717) is 30.9 Å². The van der Waals surface area contributed by atoms with Crippen LogP contribution in [-0.4, -0.2) is 60.0 Å². The lowest BCUT2D eigenvalue weighted by atomic mass is 9.83. The average Bonchev–Trinajstić information content (AvgIpc) is 2.84. The van der Waals surface area contributed by atoms with Crippen LogP contribution in [0.3, 0.4) is 0 Å². The number of carbonyl (C=O) groups is 2. The summed E-state index contributed by atoms with van der Waals surface area (Å²) in [4.78, 5) is 31.4. The second-order valence-corrected chi connectivity index (χ2v) is 8.45. The topological polar surface area (TPSA) is 83.6 Å². The molecule has 174 valence electrons. The van der Waals surface area contributed by atoms with Crippen LogP contribution in [0.4, 0.5) is 0 Å². The zero-order valence-corrected chi connectivity index (χ0v) is 19.6. The molecule has 2 aliphatic rings. The van der Waals surface area contributed by atoms with Gasteiger partial charge >= 0.3 is 0 Å². The molecule has 1 spiro atoms. The molecule has 3 heterocycles. The molecule has 2 aromatic rings. The first kappa shape index (κ1) is 23.0. The van der Waals surface area contributed by atoms with Crippen molar-refractivity contribution < 1.29 is 14.3 Å². The smallest absolute Gasteiger partial charge is 0.272 e. The molecule has 7 nitrogen and oxygen atoms in total. The third kappa shape index (κ3) is 4.64. The summed E-state index contributed by atoms with van der Waals surface area (Å²) in [6, 6.07) is 9.32. The summed E-state index contributed by atoms with van der Waals surface area (Å²) in [5.74, 6) is 0.590. The standard InChI is InChI=1S/C26H32N4O3/c1-4-28-24(31)18-8-10-23-20(15-18)21(16-26(33-23)11-13-27-14-12-26)19-7-9-22(29-17-19)25(32)30(5-2)6-3/h7-10,15-17,27H,4-6,11-14H2,1-3H3,(H,28,31). The molecule has 1 saturated heterocycles. The third-order valence-electron chi connectivity index (χ3n) is 6.38. The van der Waals surface area contributed by atoms with E-state index in [0.717, 1.165) is 48.4 Å². The van der Waals surface area contributed by atoms with E-state index < -0.39 is 5.60 Å². The van der Waals surface area contributed by atoms with Gasteiger partial charge in [0.05, 0.1) is 0 Å². The number of rotatable bonds is 6. The molecule has 7 heteroatoms. The van der Waals surface area contributed by atoms with Crippen LogP contribution in [0.5, 0.6) is 5.75 Å². The third-order valence-corrected chi connectivity index (χ3v) is 6.38. The van der Waals surface area contributed by atoms with Crippen molar-refractivity contribution in [3.05, 3.63) is 65.0 Å². The first-order chi connectivity index (χ1) is 16.0. The molecule has 2 aliphatic heterocycles. The Bertz CT molecular complexity index is 1050. The van der Waals surface area contributed by atoms with Gasteiger partial charge in [0, 0.05) is 55.4 Å². The van der Waals surface area contributed by atoms with Crippen LogP contribution >= 0.6 is 0 Å². The lowest BCUT2D eigenvalue weighted by molar-refractivity contribution is 0.0766. The number of benzene rings is 1. The van der Waals surface area contributed by atoms with Gasteiger partial charge in [0.25, 0.3) is 11.8 Å². The fourth-order valence-electron chi connectivity index (χ4n) is 4.51. The lowest BCUT2D eigenvalue weighted by Gasteiger charge is -2.40. The van der Waals surface area contributed by atoms with Crippen LogP contribution in [0.15, 0.2) is 42.6 Å². The van der Waals surface area contributed by atoms with Crippen molar-refractivity contribution in [2.24, 2.45) is 0 Å². The van der Waals surface area contributed by atoms with Crippen LogP contribution < -0.4 is 15.4 Å². The number of hydrogen-bond acceptors (Lipinski definition) is 5. The second kappa shape index (κ2) is 9.75. The van der Waals surface area contributed by atoms with E-state index in [9.17, 15) is 9.59 Å². The first-order valence-electron chi connectivity index (χ1n) is 11.8. The summed E-state index contributed by atoms with van der Waals surface area (Å²) in [7, 11) is 0. The molecular weight excluding hydrogens is 416 g/mol. The molecule has 1 fully saturated rings. The maximum absolute atomic E-state index is 12.7. The Morgan fingerprint density at radius 1 is 1.12 bits per heavy atom. The van der Waals surface area contributed by atoms with E-state index in [4.69, 9.17) is 4.74 Å². The summed E-state index contributed by atoms with van der Waals surface area (Å²) >= 11 is 0. The second-order valence-electron chi connectivity index (χ2n) is 8.45. The normalized spacial score (nSPS) is 16.4. The van der Waals surface area contributed by atoms with Crippen LogP contribution in [0, 0.1) is 0 Å². The van der Waals surface area contributed by atoms with Crippen molar-refractivity contribution >= 4 is 17.4 Å². The largest absolute Gasteiger partial charge is 0.482 e. The number of piperidine rings is 1. The summed E-state index contributed by atoms with van der Waals surface area (Å²) in [5, 5.41) is 6.26. The summed E-state index contributed by atoms with van der Waals surface area (Å²) in [6.07, 6.45) is 5.66. The van der Waals surface area contributed by atoms with Crippen molar-refractivity contribution in [3.63, 3.8) is 0 Å². The molecule has 0 aliphatic carbocycles. The number of ether oxygens (including phenoxy) is 1. The van der Waals surface area contributed by atoms with Gasteiger partial charge in [-0.3, -0.25) is 14.6 Å². The van der Waals surface area contributed by atoms with E-state index in [1.54, 1.807) is 17.2 Å². The molecule has 33 heavy (non-hydrogen) atoms. The SMILES string of the molecule is CCNC(=O)c1ccc2c(c1)C(c1ccc(C(=O)N(CC)CC)nc1)=CC1(CCNCC1)O2. The van der Waals surface area contributed by atoms with Gasteiger partial charge in [-0.15, -0.1) is 0 Å². The molecule has 1 aromatic carbocycles. The minimum Gasteiger partial charge on any atom is -0.482 e. The molecule has 0 radical (unpaired) electrons. The highest BCUT2D eigenvalue weighted by Crippen LogP contribution is 2.42. The zero-order chi connectivity index (χ0) is 23.4. The molecule has 2 amide bonds. The Morgan fingerprint density at radius 2 is 1.88 bits per heavy atom. The van der Waals surface area contributed by atoms with Crippen molar-refractivity contribution in [3.8, 4) is 5.75 Å². The molecule has 0 atom stereocenters.